The molecule has 4 atom stereocenters. The van der Waals surface area contributed by atoms with Gasteiger partial charge in [0.1, 0.15) is 5.82 Å². The highest BCUT2D eigenvalue weighted by Crippen LogP contribution is 2.49. The van der Waals surface area contributed by atoms with Crippen molar-refractivity contribution in [2.75, 3.05) is 0 Å². The van der Waals surface area contributed by atoms with Crippen LogP contribution in [0.2, 0.25) is 0 Å². The highest BCUT2D eigenvalue weighted by atomic mass is 19.1. The van der Waals surface area contributed by atoms with Crippen LogP contribution >= 0.6 is 0 Å². The van der Waals surface area contributed by atoms with E-state index in [1.165, 1.54) is 37.8 Å². The fourth-order valence-corrected chi connectivity index (χ4v) is 3.93. The zero-order chi connectivity index (χ0) is 13.4. The van der Waals surface area contributed by atoms with Crippen LogP contribution in [0.15, 0.2) is 24.3 Å². The Balaban J connectivity index is 1.63. The van der Waals surface area contributed by atoms with Crippen LogP contribution in [0.1, 0.15) is 43.0 Å². The van der Waals surface area contributed by atoms with Crippen molar-refractivity contribution in [2.24, 2.45) is 17.8 Å². The van der Waals surface area contributed by atoms with Crippen molar-refractivity contribution >= 4 is 5.91 Å². The third-order valence-corrected chi connectivity index (χ3v) is 4.88. The maximum Gasteiger partial charge on any atom is 0.251 e. The largest absolute Gasteiger partial charge is 0.349 e. The van der Waals surface area contributed by atoms with Crippen LogP contribution in [0.3, 0.4) is 0 Å². The lowest BCUT2D eigenvalue weighted by Gasteiger charge is -2.28. The molecule has 0 radical (unpaired) electrons. The number of carbonyl (C=O) groups excluding carboxylic acids is 1. The second kappa shape index (κ2) is 4.95. The number of fused-ring (bicyclic) bond motifs is 2. The number of nitrogens with one attached hydrogen (secondary N) is 1. The molecule has 0 heterocycles. The SMILES string of the molecule is C[C@@H](NC(=O)c1cccc(F)c1)[C@@H]1C[C@@H]2CC[C@@H]1C2. The van der Waals surface area contributed by atoms with Crippen molar-refractivity contribution in [2.45, 2.75) is 38.6 Å². The van der Waals surface area contributed by atoms with Crippen LogP contribution in [-0.4, -0.2) is 11.9 Å². The minimum Gasteiger partial charge on any atom is -0.349 e. The fraction of sp³-hybridized carbons (Fsp3) is 0.562. The molecule has 102 valence electrons. The molecule has 19 heavy (non-hydrogen) atoms. The monoisotopic (exact) mass is 261 g/mol. The number of hydrogen-bond acceptors (Lipinski definition) is 1. The van der Waals surface area contributed by atoms with E-state index in [0.717, 1.165) is 11.8 Å². The Morgan fingerprint density at radius 3 is 2.84 bits per heavy atom. The number of rotatable bonds is 3. The van der Waals surface area contributed by atoms with E-state index in [1.807, 2.05) is 0 Å². The van der Waals surface area contributed by atoms with Gasteiger partial charge in [0, 0.05) is 11.6 Å². The second-order valence-corrected chi connectivity index (χ2v) is 6.11. The van der Waals surface area contributed by atoms with E-state index in [-0.39, 0.29) is 17.8 Å². The molecule has 0 unspecified atom stereocenters. The minimum absolute atomic E-state index is 0.158. The molecule has 2 saturated carbocycles. The normalized spacial score (nSPS) is 30.3. The fourth-order valence-electron chi connectivity index (χ4n) is 3.93. The van der Waals surface area contributed by atoms with Crippen molar-refractivity contribution in [1.29, 1.82) is 0 Å². The Hall–Kier alpha value is -1.38. The van der Waals surface area contributed by atoms with E-state index in [0.29, 0.717) is 11.5 Å². The molecule has 3 heteroatoms. The number of halogens is 1. The predicted octanol–water partition coefficient (Wildman–Crippen LogP) is 3.38. The summed E-state index contributed by atoms with van der Waals surface area (Å²) in [5, 5.41) is 3.04. The molecule has 2 aliphatic carbocycles. The Kier molecular flexibility index (Phi) is 3.29. The Labute approximate surface area is 113 Å². The number of carbonyl (C=O) groups is 1. The van der Waals surface area contributed by atoms with Crippen molar-refractivity contribution in [3.8, 4) is 0 Å². The lowest BCUT2D eigenvalue weighted by molar-refractivity contribution is 0.0915. The summed E-state index contributed by atoms with van der Waals surface area (Å²) < 4.78 is 13.1. The lowest BCUT2D eigenvalue weighted by atomic mass is 9.84. The average molecular weight is 261 g/mol. The zero-order valence-corrected chi connectivity index (χ0v) is 11.2. The molecule has 0 aromatic heterocycles. The van der Waals surface area contributed by atoms with Crippen LogP contribution in [0.5, 0.6) is 0 Å². The molecule has 2 fully saturated rings. The molecule has 0 aliphatic heterocycles. The van der Waals surface area contributed by atoms with Gasteiger partial charge in [-0.1, -0.05) is 12.5 Å². The standard InChI is InChI=1S/C16H20FNO/c1-10(15-8-11-5-6-12(15)7-11)18-16(19)13-3-2-4-14(17)9-13/h2-4,9-12,15H,5-8H2,1H3,(H,18,19)/t10-,11-,12-,15+/m1/s1. The van der Waals surface area contributed by atoms with Gasteiger partial charge < -0.3 is 5.32 Å². The minimum atomic E-state index is -0.361. The van der Waals surface area contributed by atoms with Crippen LogP contribution in [0, 0.1) is 23.6 Å². The second-order valence-electron chi connectivity index (χ2n) is 6.11. The first-order valence-electron chi connectivity index (χ1n) is 7.20. The van der Waals surface area contributed by atoms with Gasteiger partial charge in [-0.05, 0) is 62.1 Å². The summed E-state index contributed by atoms with van der Waals surface area (Å²) in [6, 6.07) is 6.07. The van der Waals surface area contributed by atoms with Crippen LogP contribution in [0.25, 0.3) is 0 Å². The molecule has 0 spiro atoms. The van der Waals surface area contributed by atoms with E-state index in [4.69, 9.17) is 0 Å². The zero-order valence-electron chi connectivity index (χ0n) is 11.2. The molecule has 2 bridgehead atoms. The maximum atomic E-state index is 13.1. The highest BCUT2D eigenvalue weighted by Gasteiger charge is 2.42. The molecule has 1 aromatic carbocycles. The van der Waals surface area contributed by atoms with Crippen LogP contribution < -0.4 is 5.32 Å². The van der Waals surface area contributed by atoms with Crippen molar-refractivity contribution < 1.29 is 9.18 Å². The van der Waals surface area contributed by atoms with Crippen LogP contribution in [-0.2, 0) is 0 Å². The first-order chi connectivity index (χ1) is 9.13. The molecule has 1 aromatic rings. The van der Waals surface area contributed by atoms with E-state index >= 15 is 0 Å². The number of amides is 1. The number of hydrogen-bond donors (Lipinski definition) is 1. The lowest BCUT2D eigenvalue weighted by Crippen LogP contribution is -2.40. The van der Waals surface area contributed by atoms with Gasteiger partial charge in [-0.2, -0.15) is 0 Å². The van der Waals surface area contributed by atoms with Gasteiger partial charge >= 0.3 is 0 Å². The summed E-state index contributed by atoms with van der Waals surface area (Å²) in [6.07, 6.45) is 5.27. The summed E-state index contributed by atoms with van der Waals surface area (Å²) in [6.45, 7) is 2.09. The van der Waals surface area contributed by atoms with Crippen LogP contribution in [0.4, 0.5) is 4.39 Å². The average Bonchev–Trinajstić information content (AvgIpc) is 3.00. The number of benzene rings is 1. The van der Waals surface area contributed by atoms with E-state index in [9.17, 15) is 9.18 Å². The van der Waals surface area contributed by atoms with Gasteiger partial charge in [-0.25, -0.2) is 4.39 Å². The Bertz CT molecular complexity index is 487. The summed E-state index contributed by atoms with van der Waals surface area (Å²) >= 11 is 0. The summed E-state index contributed by atoms with van der Waals surface area (Å²) in [5.41, 5.74) is 0.412. The maximum absolute atomic E-state index is 13.1. The Morgan fingerprint density at radius 2 is 2.21 bits per heavy atom. The first-order valence-corrected chi connectivity index (χ1v) is 7.20. The van der Waals surface area contributed by atoms with E-state index in [2.05, 4.69) is 12.2 Å². The molecule has 1 amide bonds. The quantitative estimate of drug-likeness (QED) is 0.888. The van der Waals surface area contributed by atoms with E-state index < -0.39 is 0 Å². The molecular weight excluding hydrogens is 241 g/mol. The summed E-state index contributed by atoms with van der Waals surface area (Å²) in [5.74, 6) is 1.75. The Morgan fingerprint density at radius 1 is 1.37 bits per heavy atom. The molecule has 3 rings (SSSR count). The highest BCUT2D eigenvalue weighted by molar-refractivity contribution is 5.94. The third-order valence-electron chi connectivity index (χ3n) is 4.88. The van der Waals surface area contributed by atoms with Crippen molar-refractivity contribution in [3.63, 3.8) is 0 Å². The molecule has 1 N–H and O–H groups in total. The van der Waals surface area contributed by atoms with Gasteiger partial charge in [0.05, 0.1) is 0 Å². The predicted molar refractivity (Wildman–Crippen MR) is 72.3 cm³/mol. The van der Waals surface area contributed by atoms with Gasteiger partial charge in [-0.3, -0.25) is 4.79 Å². The molecule has 2 nitrogen and oxygen atoms in total. The first kappa shape index (κ1) is 12.6. The molecule has 2 aliphatic rings. The van der Waals surface area contributed by atoms with Crippen molar-refractivity contribution in [1.82, 2.24) is 5.32 Å². The molecular formula is C16H20FNO. The van der Waals surface area contributed by atoms with Crippen molar-refractivity contribution in [3.05, 3.63) is 35.6 Å². The summed E-state index contributed by atoms with van der Waals surface area (Å²) in [7, 11) is 0. The van der Waals surface area contributed by atoms with E-state index in [1.54, 1.807) is 12.1 Å². The van der Waals surface area contributed by atoms with Gasteiger partial charge in [0.15, 0.2) is 0 Å². The van der Waals surface area contributed by atoms with Gasteiger partial charge in [-0.15, -0.1) is 0 Å². The van der Waals surface area contributed by atoms with Gasteiger partial charge in [0.2, 0.25) is 0 Å². The smallest absolute Gasteiger partial charge is 0.251 e. The van der Waals surface area contributed by atoms with Gasteiger partial charge in [0.25, 0.3) is 5.91 Å². The summed E-state index contributed by atoms with van der Waals surface area (Å²) in [4.78, 5) is 12.1. The molecule has 0 saturated heterocycles. The third kappa shape index (κ3) is 2.51. The topological polar surface area (TPSA) is 29.1 Å².